The van der Waals surface area contributed by atoms with Crippen molar-refractivity contribution in [3.63, 3.8) is 0 Å². The summed E-state index contributed by atoms with van der Waals surface area (Å²) in [5.74, 6) is 1.72. The number of piperidine rings is 1. The molecule has 1 unspecified atom stereocenters. The Morgan fingerprint density at radius 3 is 2.52 bits per heavy atom. The van der Waals surface area contributed by atoms with Crippen LogP contribution in [0, 0.1) is 5.92 Å². The number of amides is 2. The second kappa shape index (κ2) is 10.8. The molecule has 8 nitrogen and oxygen atoms in total. The highest BCUT2D eigenvalue weighted by molar-refractivity contribution is 5.81. The molecule has 2 amide bonds. The van der Waals surface area contributed by atoms with Crippen LogP contribution >= 0.6 is 0 Å². The number of nitrogens with zero attached hydrogens (tertiary/aromatic N) is 4. The minimum absolute atomic E-state index is 0.218. The van der Waals surface area contributed by atoms with Gasteiger partial charge in [-0.25, -0.2) is 0 Å². The first-order valence-electron chi connectivity index (χ1n) is 11.4. The average molecular weight is 407 g/mol. The first-order chi connectivity index (χ1) is 14.1. The van der Waals surface area contributed by atoms with Crippen LogP contribution in [0.3, 0.4) is 0 Å². The third kappa shape index (κ3) is 6.32. The number of aliphatic imine (C=N–C) groups is 1. The van der Waals surface area contributed by atoms with Gasteiger partial charge in [0.1, 0.15) is 0 Å². The zero-order valence-corrected chi connectivity index (χ0v) is 18.2. The van der Waals surface area contributed by atoms with Gasteiger partial charge < -0.3 is 20.4 Å². The van der Waals surface area contributed by atoms with Crippen molar-refractivity contribution in [2.45, 2.75) is 51.5 Å². The molecule has 3 aliphatic rings. The molecule has 3 rings (SSSR count). The van der Waals surface area contributed by atoms with Crippen molar-refractivity contribution in [3.05, 3.63) is 0 Å². The van der Waals surface area contributed by atoms with E-state index in [9.17, 15) is 9.59 Å². The summed E-state index contributed by atoms with van der Waals surface area (Å²) >= 11 is 0. The maximum atomic E-state index is 12.6. The molecule has 2 heterocycles. The van der Waals surface area contributed by atoms with E-state index in [1.54, 1.807) is 4.90 Å². The number of hydrogen-bond acceptors (Lipinski definition) is 4. The van der Waals surface area contributed by atoms with E-state index in [-0.39, 0.29) is 17.9 Å². The summed E-state index contributed by atoms with van der Waals surface area (Å²) in [6, 6.07) is 0.251. The molecule has 1 atom stereocenters. The summed E-state index contributed by atoms with van der Waals surface area (Å²) in [6.07, 6.45) is 6.04. The summed E-state index contributed by atoms with van der Waals surface area (Å²) in [4.78, 5) is 35.2. The van der Waals surface area contributed by atoms with Gasteiger partial charge in [-0.15, -0.1) is 0 Å². The average Bonchev–Trinajstić information content (AvgIpc) is 3.26. The van der Waals surface area contributed by atoms with Crippen molar-refractivity contribution < 1.29 is 9.59 Å². The molecule has 2 aliphatic heterocycles. The van der Waals surface area contributed by atoms with Gasteiger partial charge in [-0.1, -0.05) is 12.8 Å². The highest BCUT2D eigenvalue weighted by Gasteiger charge is 2.29. The molecule has 0 bridgehead atoms. The molecule has 0 aromatic rings. The molecule has 2 saturated heterocycles. The lowest BCUT2D eigenvalue weighted by molar-refractivity contribution is -0.137. The molecule has 0 spiro atoms. The predicted molar refractivity (Wildman–Crippen MR) is 115 cm³/mol. The number of likely N-dealkylation sites (tertiary alicyclic amines) is 1. The molecule has 0 aromatic carbocycles. The smallest absolute Gasteiger partial charge is 0.225 e. The number of piperazine rings is 1. The van der Waals surface area contributed by atoms with E-state index >= 15 is 0 Å². The molecule has 1 aliphatic carbocycles. The molecular formula is C21H38N6O2. The van der Waals surface area contributed by atoms with Crippen molar-refractivity contribution in [2.24, 2.45) is 10.9 Å². The van der Waals surface area contributed by atoms with Gasteiger partial charge in [-0.3, -0.25) is 19.5 Å². The van der Waals surface area contributed by atoms with Gasteiger partial charge >= 0.3 is 0 Å². The van der Waals surface area contributed by atoms with Crippen molar-refractivity contribution >= 4 is 17.8 Å². The molecule has 0 radical (unpaired) electrons. The Labute approximate surface area is 175 Å². The maximum absolute atomic E-state index is 12.6. The Morgan fingerprint density at radius 1 is 1.14 bits per heavy atom. The van der Waals surface area contributed by atoms with E-state index in [4.69, 9.17) is 4.99 Å². The van der Waals surface area contributed by atoms with Crippen LogP contribution in [0.2, 0.25) is 0 Å². The molecule has 29 heavy (non-hydrogen) atoms. The van der Waals surface area contributed by atoms with Gasteiger partial charge in [0.25, 0.3) is 0 Å². The minimum atomic E-state index is 0.218. The zero-order chi connectivity index (χ0) is 20.6. The van der Waals surface area contributed by atoms with Gasteiger partial charge in [0.05, 0.1) is 6.54 Å². The number of rotatable bonds is 6. The fourth-order valence-electron chi connectivity index (χ4n) is 4.57. The number of carbonyl (C=O) groups excluding carboxylic acids is 2. The van der Waals surface area contributed by atoms with Gasteiger partial charge in [-0.2, -0.15) is 0 Å². The molecular weight excluding hydrogens is 368 g/mol. The lowest BCUT2D eigenvalue weighted by atomic mass is 10.1. The van der Waals surface area contributed by atoms with Gasteiger partial charge in [0, 0.05) is 71.2 Å². The number of carbonyl (C=O) groups is 2. The van der Waals surface area contributed by atoms with Crippen molar-refractivity contribution in [1.82, 2.24) is 25.3 Å². The number of nitrogens with one attached hydrogen (secondary N) is 2. The highest BCUT2D eigenvalue weighted by Crippen LogP contribution is 2.26. The van der Waals surface area contributed by atoms with Gasteiger partial charge in [0.2, 0.25) is 11.8 Å². The second-order valence-electron chi connectivity index (χ2n) is 8.56. The van der Waals surface area contributed by atoms with Crippen LogP contribution in [-0.4, -0.2) is 97.9 Å². The Hall–Kier alpha value is -1.83. The number of likely N-dealkylation sites (N-methyl/N-ethyl adjacent to an activating group) is 1. The highest BCUT2D eigenvalue weighted by atomic mass is 16.2. The fraction of sp³-hybridized carbons (Fsp3) is 0.857. The fourth-order valence-corrected chi connectivity index (χ4v) is 4.57. The van der Waals surface area contributed by atoms with Crippen molar-refractivity contribution in [2.75, 3.05) is 59.4 Å². The molecule has 164 valence electrons. The summed E-state index contributed by atoms with van der Waals surface area (Å²) in [5, 5.41) is 6.78. The molecule has 8 heteroatoms. The number of hydrogen-bond donors (Lipinski definition) is 2. The van der Waals surface area contributed by atoms with Crippen LogP contribution in [-0.2, 0) is 9.59 Å². The quantitative estimate of drug-likeness (QED) is 0.496. The normalized spacial score (nSPS) is 24.8. The summed E-state index contributed by atoms with van der Waals surface area (Å²) in [6.45, 7) is 8.81. The lowest BCUT2D eigenvalue weighted by Gasteiger charge is -2.35. The SMILES string of the molecule is CCNC(=NCCN1CCN(C(=O)C2CCCC2)CC1)NC1CCC(=O)N(C)C1. The van der Waals surface area contributed by atoms with Crippen molar-refractivity contribution in [1.29, 1.82) is 0 Å². The van der Waals surface area contributed by atoms with Crippen LogP contribution in [0.5, 0.6) is 0 Å². The molecule has 0 aromatic heterocycles. The largest absolute Gasteiger partial charge is 0.357 e. The van der Waals surface area contributed by atoms with Crippen LogP contribution in [0.15, 0.2) is 4.99 Å². The van der Waals surface area contributed by atoms with E-state index in [1.807, 2.05) is 7.05 Å². The van der Waals surface area contributed by atoms with Crippen LogP contribution < -0.4 is 10.6 Å². The van der Waals surface area contributed by atoms with Gasteiger partial charge in [-0.05, 0) is 26.2 Å². The topological polar surface area (TPSA) is 80.3 Å². The zero-order valence-electron chi connectivity index (χ0n) is 18.2. The van der Waals surface area contributed by atoms with Crippen LogP contribution in [0.1, 0.15) is 45.4 Å². The molecule has 1 saturated carbocycles. The van der Waals surface area contributed by atoms with Gasteiger partial charge in [0.15, 0.2) is 5.96 Å². The first-order valence-corrected chi connectivity index (χ1v) is 11.4. The maximum Gasteiger partial charge on any atom is 0.225 e. The van der Waals surface area contributed by atoms with E-state index in [0.717, 1.165) is 77.6 Å². The van der Waals surface area contributed by atoms with E-state index < -0.39 is 0 Å². The van der Waals surface area contributed by atoms with Crippen LogP contribution in [0.25, 0.3) is 0 Å². The Bertz CT molecular complexity index is 582. The lowest BCUT2D eigenvalue weighted by Crippen LogP contribution is -2.52. The molecule has 3 fully saturated rings. The summed E-state index contributed by atoms with van der Waals surface area (Å²) in [7, 11) is 1.86. The van der Waals surface area contributed by atoms with Crippen LogP contribution in [0.4, 0.5) is 0 Å². The Morgan fingerprint density at radius 2 is 1.86 bits per heavy atom. The van der Waals surface area contributed by atoms with E-state index in [0.29, 0.717) is 12.3 Å². The minimum Gasteiger partial charge on any atom is -0.357 e. The third-order valence-electron chi connectivity index (χ3n) is 6.39. The van der Waals surface area contributed by atoms with E-state index in [2.05, 4.69) is 27.4 Å². The standard InChI is InChI=1S/C21H38N6O2/c1-3-22-21(24-18-8-9-19(28)25(2)16-18)23-10-11-26-12-14-27(15-13-26)20(29)17-6-4-5-7-17/h17-18H,3-16H2,1-2H3,(H2,22,23,24). The van der Waals surface area contributed by atoms with E-state index in [1.165, 1.54) is 12.8 Å². The second-order valence-corrected chi connectivity index (χ2v) is 8.56. The monoisotopic (exact) mass is 406 g/mol. The first kappa shape index (κ1) is 21.9. The molecule has 2 N–H and O–H groups in total. The predicted octanol–water partition coefficient (Wildman–Crippen LogP) is 0.497. The summed E-state index contributed by atoms with van der Waals surface area (Å²) < 4.78 is 0. The summed E-state index contributed by atoms with van der Waals surface area (Å²) in [5.41, 5.74) is 0. The van der Waals surface area contributed by atoms with Crippen molar-refractivity contribution in [3.8, 4) is 0 Å². The third-order valence-corrected chi connectivity index (χ3v) is 6.39. The Balaban J connectivity index is 1.39. The number of guanidine groups is 1. The Kier molecular flexibility index (Phi) is 8.15.